The number of esters is 1. The fourth-order valence-corrected chi connectivity index (χ4v) is 4.40. The number of halogens is 1. The summed E-state index contributed by atoms with van der Waals surface area (Å²) >= 11 is 6.70. The molecule has 1 N–H and O–H groups in total. The molecule has 0 aliphatic carbocycles. The maximum absolute atomic E-state index is 13.9. The zero-order chi connectivity index (χ0) is 20.4. The number of fused-ring (bicyclic) bond motifs is 1. The summed E-state index contributed by atoms with van der Waals surface area (Å²) in [5, 5.41) is 7.93. The highest BCUT2D eigenvalue weighted by Crippen LogP contribution is 2.26. The Kier molecular flexibility index (Phi) is 5.70. The number of nitrogens with one attached hydrogen (secondary N) is 1. The summed E-state index contributed by atoms with van der Waals surface area (Å²) < 4.78 is 21.1. The van der Waals surface area contributed by atoms with Crippen molar-refractivity contribution in [1.29, 1.82) is 0 Å². The zero-order valence-corrected chi connectivity index (χ0v) is 17.3. The van der Waals surface area contributed by atoms with E-state index < -0.39 is 6.04 Å². The van der Waals surface area contributed by atoms with E-state index in [4.69, 9.17) is 17.0 Å². The minimum Gasteiger partial charge on any atom is -0.468 e. The maximum atomic E-state index is 13.9. The number of ether oxygens (including phenoxy) is 1. The van der Waals surface area contributed by atoms with Crippen molar-refractivity contribution in [2.24, 2.45) is 0 Å². The van der Waals surface area contributed by atoms with E-state index in [0.717, 1.165) is 5.56 Å². The molecule has 0 saturated heterocycles. The smallest absolute Gasteiger partial charge is 0.323 e. The van der Waals surface area contributed by atoms with Crippen LogP contribution in [0.15, 0.2) is 48.5 Å². The van der Waals surface area contributed by atoms with Gasteiger partial charge in [-0.1, -0.05) is 47.7 Å². The van der Waals surface area contributed by atoms with Crippen LogP contribution in [-0.4, -0.2) is 33.8 Å². The van der Waals surface area contributed by atoms with Gasteiger partial charge in [0.1, 0.15) is 11.9 Å². The molecule has 4 rings (SSSR count). The Bertz CT molecular complexity index is 1100. The molecule has 1 aliphatic heterocycles. The molecule has 0 amide bonds. The molecule has 29 heavy (non-hydrogen) atoms. The summed E-state index contributed by atoms with van der Waals surface area (Å²) in [5.74, 6) is -0.649. The number of methoxy groups -OCH3 is 1. The fourth-order valence-electron chi connectivity index (χ4n) is 3.39. The number of rotatable bonds is 5. The monoisotopic (exact) mass is 430 g/mol. The standard InChI is InChI=1S/C20H19FN4O2S2/c1-27-18(26)17-10-13-6-2-3-7-14(13)11-24(17)12-25-20(28)29-19(23-25)22-16-9-5-4-8-15(16)21/h2-9,17H,10-12H2,1H3,(H,22,23)/t17-/m1/s1. The molecule has 1 aromatic heterocycles. The molecule has 150 valence electrons. The van der Waals surface area contributed by atoms with Gasteiger partial charge in [0.2, 0.25) is 5.13 Å². The minimum absolute atomic E-state index is 0.286. The lowest BCUT2D eigenvalue weighted by atomic mass is 9.94. The Morgan fingerprint density at radius 1 is 1.28 bits per heavy atom. The first-order valence-corrected chi connectivity index (χ1v) is 10.3. The van der Waals surface area contributed by atoms with Gasteiger partial charge in [0.05, 0.1) is 19.5 Å². The van der Waals surface area contributed by atoms with Crippen LogP contribution in [-0.2, 0) is 29.2 Å². The highest BCUT2D eigenvalue weighted by molar-refractivity contribution is 7.73. The average Bonchev–Trinajstić information content (AvgIpc) is 3.07. The minimum atomic E-state index is -0.415. The van der Waals surface area contributed by atoms with Crippen molar-refractivity contribution in [3.8, 4) is 0 Å². The van der Waals surface area contributed by atoms with Crippen LogP contribution in [0, 0.1) is 9.77 Å². The molecule has 0 bridgehead atoms. The van der Waals surface area contributed by atoms with Crippen molar-refractivity contribution in [2.45, 2.75) is 25.7 Å². The second-order valence-electron chi connectivity index (χ2n) is 6.68. The first kappa shape index (κ1) is 19.7. The lowest BCUT2D eigenvalue weighted by Crippen LogP contribution is -2.46. The van der Waals surface area contributed by atoms with Crippen molar-refractivity contribution in [2.75, 3.05) is 12.4 Å². The highest BCUT2D eigenvalue weighted by Gasteiger charge is 2.32. The molecule has 0 radical (unpaired) electrons. The Labute approximate surface area is 176 Å². The first-order chi connectivity index (χ1) is 14.0. The summed E-state index contributed by atoms with van der Waals surface area (Å²) in [6.07, 6.45) is 0.570. The molecular formula is C20H19FN4O2S2. The van der Waals surface area contributed by atoms with E-state index in [-0.39, 0.29) is 11.8 Å². The number of carbonyl (C=O) groups is 1. The molecule has 0 fully saturated rings. The lowest BCUT2D eigenvalue weighted by Gasteiger charge is -2.34. The number of benzene rings is 2. The van der Waals surface area contributed by atoms with Crippen LogP contribution in [0.5, 0.6) is 0 Å². The van der Waals surface area contributed by atoms with Gasteiger partial charge in [-0.15, -0.1) is 5.10 Å². The second-order valence-corrected chi connectivity index (χ2v) is 8.30. The van der Waals surface area contributed by atoms with Crippen LogP contribution < -0.4 is 5.32 Å². The van der Waals surface area contributed by atoms with Crippen molar-refractivity contribution < 1.29 is 13.9 Å². The molecule has 0 saturated carbocycles. The molecule has 6 nitrogen and oxygen atoms in total. The van der Waals surface area contributed by atoms with E-state index in [1.807, 2.05) is 23.1 Å². The molecule has 0 spiro atoms. The van der Waals surface area contributed by atoms with Gasteiger partial charge in [0, 0.05) is 6.54 Å². The van der Waals surface area contributed by atoms with Gasteiger partial charge in [0.15, 0.2) is 3.95 Å². The third kappa shape index (κ3) is 4.21. The maximum Gasteiger partial charge on any atom is 0.323 e. The Morgan fingerprint density at radius 3 is 2.76 bits per heavy atom. The van der Waals surface area contributed by atoms with Crippen LogP contribution in [0.3, 0.4) is 0 Å². The van der Waals surface area contributed by atoms with E-state index in [1.54, 1.807) is 22.9 Å². The quantitative estimate of drug-likeness (QED) is 0.486. The van der Waals surface area contributed by atoms with Gasteiger partial charge < -0.3 is 10.1 Å². The number of hydrogen-bond acceptors (Lipinski definition) is 7. The molecule has 3 aromatic rings. The van der Waals surface area contributed by atoms with Gasteiger partial charge in [-0.25, -0.2) is 9.07 Å². The highest BCUT2D eigenvalue weighted by atomic mass is 32.1. The van der Waals surface area contributed by atoms with Crippen LogP contribution in [0.4, 0.5) is 15.2 Å². The normalized spacial score (nSPS) is 16.3. The predicted octanol–water partition coefficient (Wildman–Crippen LogP) is 4.11. The van der Waals surface area contributed by atoms with E-state index in [0.29, 0.717) is 34.4 Å². The second kappa shape index (κ2) is 8.40. The van der Waals surface area contributed by atoms with E-state index >= 15 is 0 Å². The average molecular weight is 431 g/mol. The van der Waals surface area contributed by atoms with Gasteiger partial charge in [0.25, 0.3) is 0 Å². The van der Waals surface area contributed by atoms with Crippen molar-refractivity contribution in [3.05, 3.63) is 69.4 Å². The predicted molar refractivity (Wildman–Crippen MR) is 112 cm³/mol. The molecule has 1 aliphatic rings. The SMILES string of the molecule is COC(=O)[C@H]1Cc2ccccc2CN1Cn1nc(Nc2ccccc2F)sc1=S. The van der Waals surface area contributed by atoms with E-state index in [1.165, 1.54) is 30.1 Å². The molecule has 1 atom stereocenters. The largest absolute Gasteiger partial charge is 0.468 e. The number of para-hydroxylation sites is 1. The van der Waals surface area contributed by atoms with Crippen LogP contribution in [0.1, 0.15) is 11.1 Å². The number of nitrogens with zero attached hydrogens (tertiary/aromatic N) is 3. The summed E-state index contributed by atoms with van der Waals surface area (Å²) in [6.45, 7) is 0.924. The topological polar surface area (TPSA) is 59.4 Å². The zero-order valence-electron chi connectivity index (χ0n) is 15.7. The molecule has 2 heterocycles. The Morgan fingerprint density at radius 2 is 2.00 bits per heavy atom. The van der Waals surface area contributed by atoms with Crippen molar-refractivity contribution in [3.63, 3.8) is 0 Å². The van der Waals surface area contributed by atoms with E-state index in [9.17, 15) is 9.18 Å². The summed E-state index contributed by atoms with van der Waals surface area (Å²) in [7, 11) is 1.39. The van der Waals surface area contributed by atoms with Crippen molar-refractivity contribution >= 4 is 40.3 Å². The fraction of sp³-hybridized carbons (Fsp3) is 0.250. The van der Waals surface area contributed by atoms with Gasteiger partial charge in [-0.05, 0) is 41.9 Å². The molecule has 0 unspecified atom stereocenters. The van der Waals surface area contributed by atoms with Crippen LogP contribution >= 0.6 is 23.6 Å². The van der Waals surface area contributed by atoms with Gasteiger partial charge in [-0.2, -0.15) is 0 Å². The Balaban J connectivity index is 1.57. The number of anilines is 2. The first-order valence-electron chi connectivity index (χ1n) is 9.03. The van der Waals surface area contributed by atoms with Gasteiger partial charge >= 0.3 is 5.97 Å². The van der Waals surface area contributed by atoms with Crippen molar-refractivity contribution in [1.82, 2.24) is 14.7 Å². The molecule has 2 aromatic carbocycles. The summed E-state index contributed by atoms with van der Waals surface area (Å²) in [5.41, 5.74) is 2.64. The van der Waals surface area contributed by atoms with Gasteiger partial charge in [-0.3, -0.25) is 9.69 Å². The summed E-state index contributed by atoms with van der Waals surface area (Å²) in [6, 6.07) is 14.0. The van der Waals surface area contributed by atoms with Crippen LogP contribution in [0.25, 0.3) is 0 Å². The molecular weight excluding hydrogens is 411 g/mol. The van der Waals surface area contributed by atoms with Crippen LogP contribution in [0.2, 0.25) is 0 Å². The third-order valence-electron chi connectivity index (χ3n) is 4.86. The third-order valence-corrected chi connectivity index (χ3v) is 6.08. The Hall–Kier alpha value is -2.62. The number of hydrogen-bond donors (Lipinski definition) is 1. The number of carbonyl (C=O) groups excluding carboxylic acids is 1. The summed E-state index contributed by atoms with van der Waals surface area (Å²) in [4.78, 5) is 14.4. The molecule has 9 heteroatoms. The van der Waals surface area contributed by atoms with E-state index in [2.05, 4.69) is 16.5 Å². The lowest BCUT2D eigenvalue weighted by molar-refractivity contribution is -0.148. The number of aromatic nitrogens is 2.